The summed E-state index contributed by atoms with van der Waals surface area (Å²) in [5, 5.41) is 5.42. The van der Waals surface area contributed by atoms with Crippen molar-refractivity contribution in [3.8, 4) is 5.69 Å². The Balaban J connectivity index is 1.43. The van der Waals surface area contributed by atoms with E-state index in [9.17, 15) is 4.79 Å². The SMILES string of the molecule is Cc1ccc(-n2nc(C)c(CC(=O)N3CCN(C4CCCC4)CC3)c2C)cc1Cl. The summed E-state index contributed by atoms with van der Waals surface area (Å²) < 4.78 is 1.90. The summed E-state index contributed by atoms with van der Waals surface area (Å²) in [6.07, 6.45) is 5.79. The van der Waals surface area contributed by atoms with E-state index in [1.807, 2.05) is 48.6 Å². The molecule has 0 atom stereocenters. The van der Waals surface area contributed by atoms with Crippen LogP contribution in [-0.4, -0.2) is 57.7 Å². The Kier molecular flexibility index (Phi) is 5.98. The van der Waals surface area contributed by atoms with E-state index < -0.39 is 0 Å². The molecule has 1 aromatic heterocycles. The van der Waals surface area contributed by atoms with Gasteiger partial charge >= 0.3 is 0 Å². The Morgan fingerprint density at radius 2 is 1.79 bits per heavy atom. The zero-order valence-corrected chi connectivity index (χ0v) is 18.5. The predicted molar refractivity (Wildman–Crippen MR) is 117 cm³/mol. The Hall–Kier alpha value is -1.85. The lowest BCUT2D eigenvalue weighted by molar-refractivity contribution is -0.132. The third kappa shape index (κ3) is 4.22. The quantitative estimate of drug-likeness (QED) is 0.756. The molecule has 0 unspecified atom stereocenters. The molecular formula is C23H31ClN4O. The molecular weight excluding hydrogens is 384 g/mol. The van der Waals surface area contributed by atoms with Crippen LogP contribution in [0.25, 0.3) is 5.69 Å². The average molecular weight is 415 g/mol. The highest BCUT2D eigenvalue weighted by atomic mass is 35.5. The second-order valence-electron chi connectivity index (χ2n) is 8.53. The van der Waals surface area contributed by atoms with E-state index in [4.69, 9.17) is 16.7 Å². The largest absolute Gasteiger partial charge is 0.340 e. The number of rotatable bonds is 4. The van der Waals surface area contributed by atoms with E-state index in [2.05, 4.69) is 4.90 Å². The summed E-state index contributed by atoms with van der Waals surface area (Å²) >= 11 is 6.30. The summed E-state index contributed by atoms with van der Waals surface area (Å²) in [6.45, 7) is 9.72. The second-order valence-corrected chi connectivity index (χ2v) is 8.93. The van der Waals surface area contributed by atoms with Crippen LogP contribution in [0.3, 0.4) is 0 Å². The molecule has 2 aliphatic rings. The van der Waals surface area contributed by atoms with Gasteiger partial charge in [-0.15, -0.1) is 0 Å². The molecule has 4 rings (SSSR count). The highest BCUT2D eigenvalue weighted by Crippen LogP contribution is 2.25. The molecule has 1 aromatic carbocycles. The van der Waals surface area contributed by atoms with Gasteiger partial charge in [0.1, 0.15) is 0 Å². The number of aryl methyl sites for hydroxylation is 2. The molecule has 29 heavy (non-hydrogen) atoms. The van der Waals surface area contributed by atoms with Crippen LogP contribution in [0.5, 0.6) is 0 Å². The Morgan fingerprint density at radius 1 is 1.10 bits per heavy atom. The molecule has 0 radical (unpaired) electrons. The molecule has 2 heterocycles. The van der Waals surface area contributed by atoms with Crippen molar-refractivity contribution < 1.29 is 4.79 Å². The van der Waals surface area contributed by atoms with Gasteiger partial charge in [0.15, 0.2) is 0 Å². The summed E-state index contributed by atoms with van der Waals surface area (Å²) in [5.41, 5.74) is 4.94. The van der Waals surface area contributed by atoms with Crippen molar-refractivity contribution in [1.82, 2.24) is 19.6 Å². The number of nitrogens with zero attached hydrogens (tertiary/aromatic N) is 4. The van der Waals surface area contributed by atoms with Gasteiger partial charge in [-0.05, 0) is 51.3 Å². The van der Waals surface area contributed by atoms with Gasteiger partial charge in [0, 0.05) is 48.5 Å². The first-order valence-electron chi connectivity index (χ1n) is 10.8. The molecule has 2 fully saturated rings. The molecule has 0 N–H and O–H groups in total. The minimum Gasteiger partial charge on any atom is -0.340 e. The predicted octanol–water partition coefficient (Wildman–Crippen LogP) is 4.08. The third-order valence-electron chi connectivity index (χ3n) is 6.68. The van der Waals surface area contributed by atoms with Gasteiger partial charge in [-0.3, -0.25) is 9.69 Å². The standard InChI is InChI=1S/C23H31ClN4O/c1-16-8-9-20(14-22(16)24)28-18(3)21(17(2)25-28)15-23(29)27-12-10-26(11-13-27)19-6-4-5-7-19/h8-9,14,19H,4-7,10-13,15H2,1-3H3. The van der Waals surface area contributed by atoms with Crippen LogP contribution in [0.1, 0.15) is 48.2 Å². The average Bonchev–Trinajstić information content (AvgIpc) is 3.35. The maximum atomic E-state index is 13.0. The number of halogens is 1. The number of aromatic nitrogens is 2. The fourth-order valence-corrected chi connectivity index (χ4v) is 4.94. The van der Waals surface area contributed by atoms with Crippen LogP contribution >= 0.6 is 11.6 Å². The van der Waals surface area contributed by atoms with Gasteiger partial charge in [0.25, 0.3) is 0 Å². The third-order valence-corrected chi connectivity index (χ3v) is 7.08. The maximum absolute atomic E-state index is 13.0. The van der Waals surface area contributed by atoms with E-state index in [-0.39, 0.29) is 5.91 Å². The first-order chi connectivity index (χ1) is 13.9. The fraction of sp³-hybridized carbons (Fsp3) is 0.565. The second kappa shape index (κ2) is 8.49. The van der Waals surface area contributed by atoms with Gasteiger partial charge in [0.05, 0.1) is 17.8 Å². The number of hydrogen-bond donors (Lipinski definition) is 0. The van der Waals surface area contributed by atoms with Crippen LogP contribution < -0.4 is 0 Å². The van der Waals surface area contributed by atoms with Crippen LogP contribution in [0.2, 0.25) is 5.02 Å². The summed E-state index contributed by atoms with van der Waals surface area (Å²) in [6, 6.07) is 6.71. The number of carbonyl (C=O) groups is 1. The van der Waals surface area contributed by atoms with Gasteiger partial charge < -0.3 is 4.90 Å². The van der Waals surface area contributed by atoms with Crippen molar-refractivity contribution >= 4 is 17.5 Å². The van der Waals surface area contributed by atoms with Gasteiger partial charge in [0.2, 0.25) is 5.91 Å². The lowest BCUT2D eigenvalue weighted by Crippen LogP contribution is -2.51. The monoisotopic (exact) mass is 414 g/mol. The van der Waals surface area contributed by atoms with Crippen molar-refractivity contribution in [2.45, 2.75) is 58.9 Å². The maximum Gasteiger partial charge on any atom is 0.227 e. The molecule has 1 aliphatic heterocycles. The molecule has 1 saturated heterocycles. The van der Waals surface area contributed by atoms with Gasteiger partial charge in [-0.25, -0.2) is 4.68 Å². The fourth-order valence-electron chi connectivity index (χ4n) is 4.76. The summed E-state index contributed by atoms with van der Waals surface area (Å²) in [5.74, 6) is 0.212. The first-order valence-corrected chi connectivity index (χ1v) is 11.2. The van der Waals surface area contributed by atoms with E-state index in [0.29, 0.717) is 6.42 Å². The Bertz CT molecular complexity index is 893. The molecule has 2 aromatic rings. The van der Waals surface area contributed by atoms with Crippen molar-refractivity contribution in [3.63, 3.8) is 0 Å². The first kappa shape index (κ1) is 20.4. The van der Waals surface area contributed by atoms with Crippen LogP contribution in [0, 0.1) is 20.8 Å². The van der Waals surface area contributed by atoms with E-state index in [1.165, 1.54) is 25.7 Å². The van der Waals surface area contributed by atoms with E-state index >= 15 is 0 Å². The van der Waals surface area contributed by atoms with Gasteiger partial charge in [-0.2, -0.15) is 5.10 Å². The summed E-state index contributed by atoms with van der Waals surface area (Å²) in [4.78, 5) is 17.6. The van der Waals surface area contributed by atoms with Crippen LogP contribution in [-0.2, 0) is 11.2 Å². The molecule has 1 aliphatic carbocycles. The number of carbonyl (C=O) groups excluding carboxylic acids is 1. The topological polar surface area (TPSA) is 41.4 Å². The van der Waals surface area contributed by atoms with Crippen molar-refractivity contribution in [1.29, 1.82) is 0 Å². The number of piperazine rings is 1. The highest BCUT2D eigenvalue weighted by Gasteiger charge is 2.28. The highest BCUT2D eigenvalue weighted by molar-refractivity contribution is 6.31. The van der Waals surface area contributed by atoms with E-state index in [0.717, 1.165) is 65.4 Å². The smallest absolute Gasteiger partial charge is 0.227 e. The minimum atomic E-state index is 0.212. The lowest BCUT2D eigenvalue weighted by Gasteiger charge is -2.38. The van der Waals surface area contributed by atoms with Crippen molar-refractivity contribution in [3.05, 3.63) is 45.7 Å². The molecule has 0 bridgehead atoms. The number of hydrogen-bond acceptors (Lipinski definition) is 3. The lowest BCUT2D eigenvalue weighted by atomic mass is 10.1. The van der Waals surface area contributed by atoms with Crippen molar-refractivity contribution in [2.24, 2.45) is 0 Å². The molecule has 5 nitrogen and oxygen atoms in total. The molecule has 0 spiro atoms. The van der Waals surface area contributed by atoms with E-state index in [1.54, 1.807) is 0 Å². The number of amides is 1. The Labute approximate surface area is 178 Å². The zero-order valence-electron chi connectivity index (χ0n) is 17.7. The van der Waals surface area contributed by atoms with Gasteiger partial charge in [-0.1, -0.05) is 30.5 Å². The molecule has 1 amide bonds. The normalized spacial score (nSPS) is 18.6. The minimum absolute atomic E-state index is 0.212. The Morgan fingerprint density at radius 3 is 2.45 bits per heavy atom. The zero-order chi connectivity index (χ0) is 20.5. The molecule has 156 valence electrons. The van der Waals surface area contributed by atoms with Crippen molar-refractivity contribution in [2.75, 3.05) is 26.2 Å². The van der Waals surface area contributed by atoms with Crippen LogP contribution in [0.15, 0.2) is 18.2 Å². The molecule has 1 saturated carbocycles. The summed E-state index contributed by atoms with van der Waals surface area (Å²) in [7, 11) is 0. The molecule has 6 heteroatoms. The number of benzene rings is 1. The van der Waals surface area contributed by atoms with Crippen LogP contribution in [0.4, 0.5) is 0 Å².